The average molecular weight is 1910 g/mol. The average Bonchev–Trinajstić information content (AvgIpc) is 1.58. The van der Waals surface area contributed by atoms with E-state index in [1.165, 1.54) is 131 Å². The molecule has 0 atom stereocenters. The maximum Gasteiger partial charge on any atom is 0.0730 e. The number of benzene rings is 20. The van der Waals surface area contributed by atoms with Crippen LogP contribution in [0.1, 0.15) is 0 Å². The zero-order valence-corrected chi connectivity index (χ0v) is 81.0. The molecule has 0 bridgehead atoms. The van der Waals surface area contributed by atoms with Crippen LogP contribution in [0.5, 0.6) is 0 Å². The van der Waals surface area contributed by atoms with Gasteiger partial charge in [-0.15, -0.1) is 0 Å². The molecule has 32 rings (SSSR count). The highest BCUT2D eigenvalue weighted by Crippen LogP contribution is 2.49. The van der Waals surface area contributed by atoms with Crippen LogP contribution in [0.25, 0.3) is 286 Å². The molecule has 150 heavy (non-hydrogen) atoms. The number of hydrogen-bond donors (Lipinski definition) is 0. The molecule has 0 N–H and O–H groups in total. The monoisotopic (exact) mass is 1910 g/mol. The molecule has 698 valence electrons. The fraction of sp³-hybridized carbons (Fsp3) is 0. The molecule has 12 aromatic heterocycles. The third-order valence-corrected chi connectivity index (χ3v) is 30.5. The van der Waals surface area contributed by atoms with E-state index >= 15 is 0 Å². The number of para-hydroxylation sites is 10. The molecular formula is C138H86N12. The summed E-state index contributed by atoms with van der Waals surface area (Å²) in [6, 6.07) is 173. The van der Waals surface area contributed by atoms with E-state index in [0.29, 0.717) is 0 Å². The molecule has 0 aliphatic heterocycles. The van der Waals surface area contributed by atoms with Crippen LogP contribution in [-0.2, 0) is 0 Å². The maximum atomic E-state index is 4.94. The van der Waals surface area contributed by atoms with Crippen molar-refractivity contribution in [2.45, 2.75) is 0 Å². The van der Waals surface area contributed by atoms with Gasteiger partial charge in [0.2, 0.25) is 0 Å². The second kappa shape index (κ2) is 34.7. The van der Waals surface area contributed by atoms with Crippen molar-refractivity contribution in [2.75, 3.05) is 0 Å². The number of aromatic nitrogens is 12. The van der Waals surface area contributed by atoms with Crippen LogP contribution in [0.3, 0.4) is 0 Å². The van der Waals surface area contributed by atoms with Crippen molar-refractivity contribution >= 4 is 196 Å². The van der Waals surface area contributed by atoms with E-state index in [1.54, 1.807) is 0 Å². The first-order chi connectivity index (χ1) is 74.4. The van der Waals surface area contributed by atoms with Gasteiger partial charge in [-0.25, -0.2) is 0 Å². The molecule has 0 saturated carbocycles. The second-order valence-electron chi connectivity index (χ2n) is 38.8. The van der Waals surface area contributed by atoms with Gasteiger partial charge in [-0.3, -0.25) is 29.9 Å². The van der Waals surface area contributed by atoms with Crippen LogP contribution >= 0.6 is 0 Å². The third-order valence-electron chi connectivity index (χ3n) is 30.5. The van der Waals surface area contributed by atoms with E-state index in [4.69, 9.17) is 29.9 Å². The van der Waals surface area contributed by atoms with Gasteiger partial charge in [0.1, 0.15) is 0 Å². The first kappa shape index (κ1) is 85.3. The summed E-state index contributed by atoms with van der Waals surface area (Å²) < 4.78 is 14.1. The Morgan fingerprint density at radius 1 is 0.107 bits per heavy atom. The SMILES string of the molecule is c1ccc(-c2ccc(-n3c4ccc(-c5ccc6c(c5)c5c7ccccc7ncc5n6-c5ccccc5)cc4c4c5ccccc5ncc43)cc2)cc1.c1ccc(-c2cccc(-n3c4ccc(-c5ccc6c(c5)c5c7ccccc7ncc5n6-c5ccccc5)cc4c4c5ccccc5ncc43)c2)cc1.c1ccc(-n2c3ccc(-c4ccc5c(c4)c4c6ccccc6ncc4n5-c4ccccc4)cc3c3c4ccccc4ncc32)cc1. The molecule has 0 spiro atoms. The lowest BCUT2D eigenvalue weighted by atomic mass is 9.99. The van der Waals surface area contributed by atoms with E-state index in [9.17, 15) is 0 Å². The predicted molar refractivity (Wildman–Crippen MR) is 624 cm³/mol. The maximum absolute atomic E-state index is 4.94. The standard InChI is InChI=1S/2C48H30N4.C42H26N4/c1-3-12-31(13-4-1)32-14-11-17-36(26-32)52-44-25-23-34(28-40(44)48-38-19-8-10-21-42(38)50-30-46(48)52)33-22-24-43-39(27-33)47-37-18-7-9-20-41(37)49-29-45(47)51(43)35-15-5-2-6-16-35;1-3-11-31(12-4-1)32-19-23-36(24-20-32)52-44-26-22-34(28-40(44)48-38-16-8-10-18-42(38)50-30-46(48)52)33-21-25-43-39(27-33)47-37-15-7-9-17-41(37)49-29-45(47)51(43)35-13-5-2-6-14-35;1-3-11-29(12-4-1)45-37-21-19-27(23-33(37)41-31-15-7-9-17-35(31)43-25-39(41)45)28-20-22-38-34(24-28)42-32-16-8-10-18-36(32)44-26-40(42)46(38)30-13-5-2-6-14-30/h2*1-30H;1-26H. The van der Waals surface area contributed by atoms with Gasteiger partial charge in [0.25, 0.3) is 0 Å². The normalized spacial score (nSPS) is 11.9. The molecule has 12 nitrogen and oxygen atoms in total. The van der Waals surface area contributed by atoms with Gasteiger partial charge in [-0.2, -0.15) is 0 Å². The Morgan fingerprint density at radius 2 is 0.273 bits per heavy atom. The highest BCUT2D eigenvalue weighted by atomic mass is 15.0. The van der Waals surface area contributed by atoms with Gasteiger partial charge in [0.15, 0.2) is 0 Å². The molecule has 0 fully saturated rings. The molecule has 0 radical (unpaired) electrons. The highest BCUT2D eigenvalue weighted by Gasteiger charge is 2.27. The lowest BCUT2D eigenvalue weighted by Crippen LogP contribution is -1.95. The fourth-order valence-electron chi connectivity index (χ4n) is 23.8. The summed E-state index contributed by atoms with van der Waals surface area (Å²) in [6.07, 6.45) is 12.2. The van der Waals surface area contributed by atoms with Crippen molar-refractivity contribution in [1.82, 2.24) is 57.3 Å². The predicted octanol–water partition coefficient (Wildman–Crippen LogP) is 35.3. The summed E-state index contributed by atoms with van der Waals surface area (Å²) >= 11 is 0. The minimum atomic E-state index is 0.994. The van der Waals surface area contributed by atoms with Gasteiger partial charge < -0.3 is 27.4 Å². The van der Waals surface area contributed by atoms with Crippen molar-refractivity contribution in [3.05, 3.63) is 522 Å². The van der Waals surface area contributed by atoms with Crippen molar-refractivity contribution in [3.63, 3.8) is 0 Å². The van der Waals surface area contributed by atoms with Crippen LogP contribution in [-0.4, -0.2) is 57.3 Å². The molecular weight excluding hydrogens is 1830 g/mol. The third kappa shape index (κ3) is 13.8. The molecule has 20 aromatic carbocycles. The Bertz CT molecular complexity index is 10900. The van der Waals surface area contributed by atoms with Crippen LogP contribution in [0.4, 0.5) is 0 Å². The zero-order valence-electron chi connectivity index (χ0n) is 81.0. The topological polar surface area (TPSA) is 107 Å². The van der Waals surface area contributed by atoms with Crippen molar-refractivity contribution in [1.29, 1.82) is 0 Å². The number of hydrogen-bond acceptors (Lipinski definition) is 6. The molecule has 0 aliphatic rings. The van der Waals surface area contributed by atoms with Crippen molar-refractivity contribution in [2.24, 2.45) is 0 Å². The smallest absolute Gasteiger partial charge is 0.0730 e. The molecule has 0 unspecified atom stereocenters. The molecule has 0 saturated heterocycles. The first-order valence-electron chi connectivity index (χ1n) is 50.9. The Labute approximate surface area is 859 Å². The number of rotatable bonds is 11. The number of fused-ring (bicyclic) bond motifs is 30. The number of nitrogens with zero attached hydrogens (tertiary/aromatic N) is 12. The first-order valence-corrected chi connectivity index (χ1v) is 50.9. The summed E-state index contributed by atoms with van der Waals surface area (Å²) in [6.45, 7) is 0. The quantitative estimate of drug-likeness (QED) is 0.128. The van der Waals surface area contributed by atoms with Crippen molar-refractivity contribution in [3.8, 4) is 89.8 Å². The molecule has 0 amide bonds. The molecule has 12 heteroatoms. The second-order valence-corrected chi connectivity index (χ2v) is 38.8. The summed E-state index contributed by atoms with van der Waals surface area (Å²) in [4.78, 5) is 29.3. The summed E-state index contributed by atoms with van der Waals surface area (Å²) in [7, 11) is 0. The Hall–Kier alpha value is -20.3. The summed E-state index contributed by atoms with van der Waals surface area (Å²) in [5.41, 5.74) is 38.2. The largest absolute Gasteiger partial charge is 0.308 e. The van der Waals surface area contributed by atoms with E-state index in [-0.39, 0.29) is 0 Å². The van der Waals surface area contributed by atoms with Crippen molar-refractivity contribution < 1.29 is 0 Å². The fourth-order valence-corrected chi connectivity index (χ4v) is 23.8. The van der Waals surface area contributed by atoms with Crippen LogP contribution in [0.2, 0.25) is 0 Å². The molecule has 12 heterocycles. The van der Waals surface area contributed by atoms with Gasteiger partial charge in [0, 0.05) is 131 Å². The minimum absolute atomic E-state index is 0.994. The van der Waals surface area contributed by atoms with Crippen LogP contribution in [0.15, 0.2) is 522 Å². The Morgan fingerprint density at radius 3 is 0.513 bits per heavy atom. The van der Waals surface area contributed by atoms with Crippen LogP contribution in [0, 0.1) is 0 Å². The molecule has 0 aliphatic carbocycles. The summed E-state index contributed by atoms with van der Waals surface area (Å²) in [5, 5.41) is 21.6. The Kier molecular flexibility index (Phi) is 19.7. The van der Waals surface area contributed by atoms with Gasteiger partial charge in [-0.05, 0) is 238 Å². The minimum Gasteiger partial charge on any atom is -0.308 e. The zero-order chi connectivity index (χ0) is 98.5. The van der Waals surface area contributed by atoms with E-state index in [0.717, 1.165) is 155 Å². The van der Waals surface area contributed by atoms with Gasteiger partial charge in [0.05, 0.1) is 136 Å². The van der Waals surface area contributed by atoms with Gasteiger partial charge in [-0.1, -0.05) is 303 Å². The van der Waals surface area contributed by atoms with E-state index < -0.39 is 0 Å². The summed E-state index contributed by atoms with van der Waals surface area (Å²) in [5.74, 6) is 0. The lowest BCUT2D eigenvalue weighted by molar-refractivity contribution is 1.17. The van der Waals surface area contributed by atoms with Gasteiger partial charge >= 0.3 is 0 Å². The lowest BCUT2D eigenvalue weighted by Gasteiger charge is -2.11. The van der Waals surface area contributed by atoms with E-state index in [2.05, 4.69) is 513 Å². The van der Waals surface area contributed by atoms with E-state index in [1.807, 2.05) is 37.2 Å². The van der Waals surface area contributed by atoms with Crippen LogP contribution < -0.4 is 0 Å². The number of pyridine rings is 6. The highest BCUT2D eigenvalue weighted by molar-refractivity contribution is 6.28. The molecule has 32 aromatic rings. The Balaban J connectivity index is 0.000000104.